The van der Waals surface area contributed by atoms with Crippen molar-refractivity contribution >= 4 is 21.4 Å². The molecule has 0 aliphatic heterocycles. The second-order valence-corrected chi connectivity index (χ2v) is 7.23. The zero-order valence-corrected chi connectivity index (χ0v) is 15.0. The summed E-state index contributed by atoms with van der Waals surface area (Å²) < 4.78 is 54.1. The van der Waals surface area contributed by atoms with Crippen LogP contribution in [0.1, 0.15) is 5.56 Å². The van der Waals surface area contributed by atoms with Gasteiger partial charge in [0, 0.05) is 12.6 Å². The van der Waals surface area contributed by atoms with E-state index in [4.69, 9.17) is 0 Å². The van der Waals surface area contributed by atoms with E-state index in [1.807, 2.05) is 0 Å². The summed E-state index contributed by atoms with van der Waals surface area (Å²) in [5.74, 6) is 0.0404. The normalized spacial score (nSPS) is 11.4. The lowest BCUT2D eigenvalue weighted by Gasteiger charge is -2.10. The summed E-state index contributed by atoms with van der Waals surface area (Å²) in [6.07, 6.45) is 0.461. The fourth-order valence-electron chi connectivity index (χ4n) is 2.28. The van der Waals surface area contributed by atoms with Gasteiger partial charge in [0.2, 0.25) is 10.0 Å². The highest BCUT2D eigenvalue weighted by Gasteiger charge is 2.20. The first kappa shape index (κ1) is 20.5. The molecule has 0 atom stereocenters. The van der Waals surface area contributed by atoms with Crippen LogP contribution in [0.5, 0.6) is 5.75 Å². The molecule has 0 radical (unpaired) electrons. The Balaban J connectivity index is 2.06. The lowest BCUT2D eigenvalue weighted by atomic mass is 10.1. The maximum absolute atomic E-state index is 12.1. The summed E-state index contributed by atoms with van der Waals surface area (Å²) in [4.78, 5) is 10.3. The Kier molecular flexibility index (Phi) is 6.64. The molecule has 2 rings (SSSR count). The largest absolute Gasteiger partial charge is 0.435 e. The van der Waals surface area contributed by atoms with Crippen LogP contribution in [-0.2, 0) is 16.4 Å². The number of nitro benzene ring substituents is 1. The number of nitrogens with one attached hydrogen (secondary N) is 2. The average molecular weight is 401 g/mol. The monoisotopic (exact) mass is 401 g/mol. The van der Waals surface area contributed by atoms with Gasteiger partial charge in [-0.25, -0.2) is 13.1 Å². The van der Waals surface area contributed by atoms with Crippen LogP contribution in [0.2, 0.25) is 0 Å². The minimum absolute atomic E-state index is 0.0404. The Hall–Kier alpha value is -2.79. The zero-order valence-electron chi connectivity index (χ0n) is 14.2. The number of nitro groups is 1. The van der Waals surface area contributed by atoms with Crippen LogP contribution in [0.4, 0.5) is 20.2 Å². The molecule has 0 unspecified atom stereocenters. The number of hydrogen-bond acceptors (Lipinski definition) is 6. The predicted octanol–water partition coefficient (Wildman–Crippen LogP) is 2.76. The molecule has 0 saturated carbocycles. The summed E-state index contributed by atoms with van der Waals surface area (Å²) in [6.45, 7) is -2.58. The van der Waals surface area contributed by atoms with Gasteiger partial charge in [0.15, 0.2) is 0 Å². The summed E-state index contributed by atoms with van der Waals surface area (Å²) in [5, 5.41) is 14.1. The lowest BCUT2D eigenvalue weighted by Crippen LogP contribution is -2.19. The molecule has 0 amide bonds. The molecule has 0 saturated heterocycles. The fourth-order valence-corrected chi connectivity index (χ4v) is 3.03. The smallest absolute Gasteiger partial charge is 0.387 e. The van der Waals surface area contributed by atoms with E-state index in [0.717, 1.165) is 11.6 Å². The lowest BCUT2D eigenvalue weighted by molar-refractivity contribution is -0.384. The molecule has 0 fully saturated rings. The summed E-state index contributed by atoms with van der Waals surface area (Å²) in [6, 6.07) is 9.58. The van der Waals surface area contributed by atoms with Gasteiger partial charge in [-0.3, -0.25) is 10.1 Å². The van der Waals surface area contributed by atoms with E-state index in [0.29, 0.717) is 13.0 Å². The number of benzene rings is 2. The highest BCUT2D eigenvalue weighted by atomic mass is 32.2. The Morgan fingerprint density at radius 3 is 2.41 bits per heavy atom. The van der Waals surface area contributed by atoms with E-state index in [1.165, 1.54) is 31.3 Å². The Morgan fingerprint density at radius 2 is 1.85 bits per heavy atom. The van der Waals surface area contributed by atoms with Gasteiger partial charge in [-0.15, -0.1) is 0 Å². The second kappa shape index (κ2) is 8.73. The first-order valence-corrected chi connectivity index (χ1v) is 9.21. The number of ether oxygens (including phenoxy) is 1. The number of rotatable bonds is 9. The summed E-state index contributed by atoms with van der Waals surface area (Å²) in [7, 11) is -2.58. The van der Waals surface area contributed by atoms with E-state index in [2.05, 4.69) is 14.8 Å². The topological polar surface area (TPSA) is 111 Å². The van der Waals surface area contributed by atoms with Crippen molar-refractivity contribution in [3.8, 4) is 5.75 Å². The van der Waals surface area contributed by atoms with Gasteiger partial charge in [-0.2, -0.15) is 8.78 Å². The van der Waals surface area contributed by atoms with Crippen molar-refractivity contribution in [1.29, 1.82) is 0 Å². The van der Waals surface area contributed by atoms with E-state index >= 15 is 0 Å². The van der Waals surface area contributed by atoms with Gasteiger partial charge < -0.3 is 10.1 Å². The fraction of sp³-hybridized carbons (Fsp3) is 0.250. The van der Waals surface area contributed by atoms with Crippen LogP contribution < -0.4 is 14.8 Å². The van der Waals surface area contributed by atoms with Gasteiger partial charge in [-0.1, -0.05) is 12.1 Å². The molecule has 8 nitrogen and oxygen atoms in total. The Labute approximate surface area is 154 Å². The molecule has 0 aliphatic carbocycles. The van der Waals surface area contributed by atoms with E-state index < -0.39 is 21.6 Å². The van der Waals surface area contributed by atoms with Gasteiger partial charge in [-0.05, 0) is 43.3 Å². The second-order valence-electron chi connectivity index (χ2n) is 5.34. The number of alkyl halides is 2. The summed E-state index contributed by atoms with van der Waals surface area (Å²) in [5.41, 5.74) is 0.612. The number of anilines is 1. The van der Waals surface area contributed by atoms with Crippen LogP contribution in [-0.4, -0.2) is 33.5 Å². The third-order valence-electron chi connectivity index (χ3n) is 3.62. The quantitative estimate of drug-likeness (QED) is 0.494. The number of halogens is 2. The first-order valence-electron chi connectivity index (χ1n) is 7.72. The minimum atomic E-state index is -3.79. The van der Waals surface area contributed by atoms with Crippen LogP contribution >= 0.6 is 0 Å². The third kappa shape index (κ3) is 5.59. The molecule has 0 aliphatic rings. The van der Waals surface area contributed by atoms with Crippen molar-refractivity contribution in [3.63, 3.8) is 0 Å². The molecule has 2 aromatic carbocycles. The van der Waals surface area contributed by atoms with Crippen LogP contribution in [0.3, 0.4) is 0 Å². The van der Waals surface area contributed by atoms with E-state index in [-0.39, 0.29) is 22.0 Å². The SMILES string of the molecule is CNS(=O)(=O)c1ccc(NCCc2ccc(OC(F)F)cc2)c([N+](=O)[O-])c1. The van der Waals surface area contributed by atoms with Gasteiger partial charge >= 0.3 is 6.61 Å². The first-order chi connectivity index (χ1) is 12.7. The molecule has 11 heteroatoms. The molecule has 146 valence electrons. The molecule has 0 heterocycles. The highest BCUT2D eigenvalue weighted by molar-refractivity contribution is 7.89. The molecule has 2 N–H and O–H groups in total. The molecular formula is C16H17F2N3O5S. The zero-order chi connectivity index (χ0) is 20.0. The molecule has 2 aromatic rings. The number of sulfonamides is 1. The van der Waals surface area contributed by atoms with Gasteiger partial charge in [0.1, 0.15) is 11.4 Å². The molecule has 0 aromatic heterocycles. The van der Waals surface area contributed by atoms with Crippen LogP contribution in [0.15, 0.2) is 47.4 Å². The van der Waals surface area contributed by atoms with Crippen molar-refractivity contribution in [3.05, 3.63) is 58.1 Å². The maximum atomic E-state index is 12.1. The van der Waals surface area contributed by atoms with Crippen molar-refractivity contribution < 1.29 is 26.9 Å². The molecule has 27 heavy (non-hydrogen) atoms. The standard InChI is InChI=1S/C16H17F2N3O5S/c1-19-27(24,25)13-6-7-14(15(10-13)21(22)23)20-9-8-11-2-4-12(5-3-11)26-16(17)18/h2-7,10,16,19-20H,8-9H2,1H3. The summed E-state index contributed by atoms with van der Waals surface area (Å²) >= 11 is 0. The number of hydrogen-bond donors (Lipinski definition) is 2. The van der Waals surface area contributed by atoms with E-state index in [9.17, 15) is 27.3 Å². The van der Waals surface area contributed by atoms with Crippen LogP contribution in [0, 0.1) is 10.1 Å². The minimum Gasteiger partial charge on any atom is -0.435 e. The van der Waals surface area contributed by atoms with Crippen molar-refractivity contribution in [2.45, 2.75) is 17.9 Å². The average Bonchev–Trinajstić information content (AvgIpc) is 2.62. The van der Waals surface area contributed by atoms with Crippen LogP contribution in [0.25, 0.3) is 0 Å². The van der Waals surface area contributed by atoms with E-state index in [1.54, 1.807) is 12.1 Å². The molecular weight excluding hydrogens is 384 g/mol. The predicted molar refractivity (Wildman–Crippen MR) is 94.6 cm³/mol. The molecule has 0 bridgehead atoms. The van der Waals surface area contributed by atoms with Crippen molar-refractivity contribution in [2.24, 2.45) is 0 Å². The van der Waals surface area contributed by atoms with Crippen molar-refractivity contribution in [1.82, 2.24) is 4.72 Å². The van der Waals surface area contributed by atoms with Crippen molar-refractivity contribution in [2.75, 3.05) is 18.9 Å². The van der Waals surface area contributed by atoms with Gasteiger partial charge in [0.05, 0.1) is 9.82 Å². The Bertz CT molecular complexity index is 905. The van der Waals surface area contributed by atoms with Gasteiger partial charge in [0.25, 0.3) is 5.69 Å². The maximum Gasteiger partial charge on any atom is 0.387 e. The Morgan fingerprint density at radius 1 is 1.19 bits per heavy atom. The third-order valence-corrected chi connectivity index (χ3v) is 5.03. The highest BCUT2D eigenvalue weighted by Crippen LogP contribution is 2.27. The number of nitrogens with zero attached hydrogens (tertiary/aromatic N) is 1. The molecule has 0 spiro atoms.